The van der Waals surface area contributed by atoms with Crippen molar-refractivity contribution in [2.45, 2.75) is 54.9 Å². The van der Waals surface area contributed by atoms with Gasteiger partial charge < -0.3 is 14.2 Å². The van der Waals surface area contributed by atoms with E-state index >= 15 is 0 Å². The van der Waals surface area contributed by atoms with Crippen molar-refractivity contribution < 1.29 is 19.0 Å². The smallest absolute Gasteiger partial charge is 0.166 e. The SMILES string of the molecule is COc1ccc2c3c1OC1C4(OC)C=CC5(CC4C(C)=O)C4N(C)[C@]4(C2)CC315. The number of nitrogens with zero attached hydrogens (tertiary/aromatic N) is 1. The number of ether oxygens (including phenoxy) is 3. The normalized spacial score (nSPS) is 52.1. The van der Waals surface area contributed by atoms with Crippen molar-refractivity contribution in [1.29, 1.82) is 0 Å². The average Bonchev–Trinajstić information content (AvgIpc) is 3.00. The van der Waals surface area contributed by atoms with Gasteiger partial charge in [-0.15, -0.1) is 0 Å². The molecule has 0 amide bonds. The molecular formula is C23H25NO4. The molecule has 1 aromatic rings. The molecule has 146 valence electrons. The molecule has 7 aliphatic rings. The molecule has 5 heteroatoms. The Morgan fingerprint density at radius 2 is 2.11 bits per heavy atom. The van der Waals surface area contributed by atoms with Crippen LogP contribution in [0.15, 0.2) is 24.3 Å². The number of likely N-dealkylation sites (tertiary alicyclic amines) is 1. The van der Waals surface area contributed by atoms with Crippen LogP contribution in [0.1, 0.15) is 30.9 Å². The summed E-state index contributed by atoms with van der Waals surface area (Å²) in [4.78, 5) is 15.4. The molecule has 3 spiro atoms. The van der Waals surface area contributed by atoms with Gasteiger partial charge in [0, 0.05) is 29.7 Å². The Labute approximate surface area is 164 Å². The van der Waals surface area contributed by atoms with E-state index in [9.17, 15) is 4.79 Å². The minimum Gasteiger partial charge on any atom is -0.493 e. The highest BCUT2D eigenvalue weighted by Gasteiger charge is 2.90. The first kappa shape index (κ1) is 16.0. The van der Waals surface area contributed by atoms with Gasteiger partial charge in [0.25, 0.3) is 0 Å². The van der Waals surface area contributed by atoms with Crippen molar-refractivity contribution in [3.8, 4) is 11.5 Å². The lowest BCUT2D eigenvalue weighted by Crippen LogP contribution is -2.73. The molecule has 0 N–H and O–H groups in total. The fourth-order valence-corrected chi connectivity index (χ4v) is 8.62. The van der Waals surface area contributed by atoms with Crippen LogP contribution in [0.3, 0.4) is 0 Å². The molecule has 5 aliphatic carbocycles. The summed E-state index contributed by atoms with van der Waals surface area (Å²) in [6.45, 7) is 1.71. The molecule has 2 heterocycles. The fourth-order valence-electron chi connectivity index (χ4n) is 8.62. The van der Waals surface area contributed by atoms with Gasteiger partial charge in [0.15, 0.2) is 11.5 Å². The Hall–Kier alpha value is -1.85. The first-order valence-corrected chi connectivity index (χ1v) is 10.3. The number of benzene rings is 1. The fraction of sp³-hybridized carbons (Fsp3) is 0.609. The van der Waals surface area contributed by atoms with Gasteiger partial charge in [-0.2, -0.15) is 0 Å². The molecule has 3 fully saturated rings. The maximum atomic E-state index is 12.8. The van der Waals surface area contributed by atoms with Crippen molar-refractivity contribution in [2.75, 3.05) is 21.3 Å². The Bertz CT molecular complexity index is 1020. The van der Waals surface area contributed by atoms with E-state index in [4.69, 9.17) is 14.2 Å². The van der Waals surface area contributed by atoms with Crippen molar-refractivity contribution in [3.05, 3.63) is 35.4 Å². The number of ketones is 1. The monoisotopic (exact) mass is 379 g/mol. The lowest BCUT2D eigenvalue weighted by molar-refractivity contribution is -0.186. The van der Waals surface area contributed by atoms with Gasteiger partial charge in [-0.3, -0.25) is 9.69 Å². The van der Waals surface area contributed by atoms with Crippen molar-refractivity contribution in [3.63, 3.8) is 0 Å². The van der Waals surface area contributed by atoms with Crippen LogP contribution in [0.2, 0.25) is 0 Å². The maximum Gasteiger partial charge on any atom is 0.166 e. The molecular weight excluding hydrogens is 354 g/mol. The minimum atomic E-state index is -0.706. The summed E-state index contributed by atoms with van der Waals surface area (Å²) >= 11 is 0. The predicted molar refractivity (Wildman–Crippen MR) is 102 cm³/mol. The first-order chi connectivity index (χ1) is 13.4. The molecule has 1 saturated heterocycles. The molecule has 0 radical (unpaired) electrons. The summed E-state index contributed by atoms with van der Waals surface area (Å²) in [6.07, 6.45) is 7.39. The summed E-state index contributed by atoms with van der Waals surface area (Å²) in [7, 11) is 5.70. The van der Waals surface area contributed by atoms with Crippen molar-refractivity contribution in [2.24, 2.45) is 11.3 Å². The number of likely N-dealkylation sites (N-methyl/N-ethyl adjacent to an activating group) is 1. The number of hydrogen-bond donors (Lipinski definition) is 0. The highest BCUT2D eigenvalue weighted by molar-refractivity contribution is 5.83. The van der Waals surface area contributed by atoms with E-state index in [1.165, 1.54) is 11.1 Å². The predicted octanol–water partition coefficient (Wildman–Crippen LogP) is 2.26. The number of methoxy groups -OCH3 is 2. The van der Waals surface area contributed by atoms with Crippen LogP contribution >= 0.6 is 0 Å². The van der Waals surface area contributed by atoms with E-state index in [0.717, 1.165) is 30.8 Å². The second-order valence-electron chi connectivity index (χ2n) is 9.87. The van der Waals surface area contributed by atoms with Gasteiger partial charge in [0.1, 0.15) is 17.5 Å². The third-order valence-corrected chi connectivity index (χ3v) is 9.47. The largest absolute Gasteiger partial charge is 0.493 e. The lowest BCUT2D eigenvalue weighted by atomic mass is 9.43. The van der Waals surface area contributed by atoms with Crippen LogP contribution in [0.5, 0.6) is 11.5 Å². The number of piperidine rings is 1. The quantitative estimate of drug-likeness (QED) is 0.596. The van der Waals surface area contributed by atoms with E-state index in [1.807, 2.05) is 6.07 Å². The van der Waals surface area contributed by atoms with E-state index < -0.39 is 5.60 Å². The van der Waals surface area contributed by atoms with Gasteiger partial charge in [-0.1, -0.05) is 18.2 Å². The topological polar surface area (TPSA) is 47.8 Å². The number of rotatable bonds is 3. The Kier molecular flexibility index (Phi) is 2.40. The molecule has 7 unspecified atom stereocenters. The molecule has 28 heavy (non-hydrogen) atoms. The molecule has 0 aromatic heterocycles. The summed E-state index contributed by atoms with van der Waals surface area (Å²) < 4.78 is 18.7. The van der Waals surface area contributed by atoms with Crippen LogP contribution in [0.25, 0.3) is 0 Å². The second kappa shape index (κ2) is 4.19. The first-order valence-electron chi connectivity index (χ1n) is 10.3. The van der Waals surface area contributed by atoms with Crippen molar-refractivity contribution >= 4 is 5.78 Å². The summed E-state index contributed by atoms with van der Waals surface area (Å²) in [5.74, 6) is 1.72. The summed E-state index contributed by atoms with van der Waals surface area (Å²) in [6, 6.07) is 4.75. The standard InChI is InChI=1S/C23H25NO4/c1-12(25)14-10-20-7-8-23(14,27-4)19-22(20)11-21(18(20)24(21)2)9-13-5-6-15(26-3)17(28-19)16(13)22/h5-8,14,18-19H,9-11H2,1-4H3/t14?,18?,19?,20?,21-,22?,23?,24?/m1/s1. The average molecular weight is 379 g/mol. The Morgan fingerprint density at radius 3 is 2.82 bits per heavy atom. The molecule has 5 nitrogen and oxygen atoms in total. The number of carbonyl (C=O) groups excluding carboxylic acids is 1. The lowest BCUT2D eigenvalue weighted by Gasteiger charge is -2.63. The molecule has 2 saturated carbocycles. The van der Waals surface area contributed by atoms with Gasteiger partial charge in [-0.25, -0.2) is 0 Å². The van der Waals surface area contributed by atoms with Crippen LogP contribution in [-0.4, -0.2) is 55.2 Å². The number of fused-ring (bicyclic) bond motifs is 1. The van der Waals surface area contributed by atoms with Gasteiger partial charge >= 0.3 is 0 Å². The van der Waals surface area contributed by atoms with Crippen LogP contribution in [0, 0.1) is 11.3 Å². The van der Waals surface area contributed by atoms with Gasteiger partial charge in [-0.05, 0) is 44.9 Å². The van der Waals surface area contributed by atoms with Gasteiger partial charge in [0.05, 0.1) is 18.4 Å². The van der Waals surface area contributed by atoms with Crippen LogP contribution in [0.4, 0.5) is 0 Å². The summed E-state index contributed by atoms with van der Waals surface area (Å²) in [5, 5.41) is 0. The maximum absolute atomic E-state index is 12.8. The third kappa shape index (κ3) is 1.19. The Morgan fingerprint density at radius 1 is 1.29 bits per heavy atom. The number of Topliss-reactive ketones (excluding diaryl/α,β-unsaturated/α-hetero) is 1. The van der Waals surface area contributed by atoms with E-state index in [1.54, 1.807) is 21.1 Å². The Balaban J connectivity index is 1.60. The minimum absolute atomic E-state index is 0.0775. The molecule has 4 bridgehead atoms. The zero-order valence-electron chi connectivity index (χ0n) is 16.7. The number of carbonyl (C=O) groups is 1. The van der Waals surface area contributed by atoms with E-state index in [0.29, 0.717) is 6.04 Å². The number of hydrogen-bond acceptors (Lipinski definition) is 5. The third-order valence-electron chi connectivity index (χ3n) is 9.47. The second-order valence-corrected chi connectivity index (χ2v) is 9.87. The molecule has 8 rings (SSSR count). The van der Waals surface area contributed by atoms with E-state index in [2.05, 4.69) is 30.2 Å². The van der Waals surface area contributed by atoms with E-state index in [-0.39, 0.29) is 34.2 Å². The van der Waals surface area contributed by atoms with Crippen LogP contribution in [-0.2, 0) is 21.4 Å². The molecule has 8 atom stereocenters. The zero-order valence-corrected chi connectivity index (χ0v) is 16.7. The van der Waals surface area contributed by atoms with Crippen LogP contribution < -0.4 is 9.47 Å². The molecule has 2 aliphatic heterocycles. The highest BCUT2D eigenvalue weighted by Crippen LogP contribution is 2.83. The zero-order chi connectivity index (χ0) is 19.3. The highest BCUT2D eigenvalue weighted by atomic mass is 16.6. The summed E-state index contributed by atoms with van der Waals surface area (Å²) in [5.41, 5.74) is 2.01. The van der Waals surface area contributed by atoms with Crippen molar-refractivity contribution in [1.82, 2.24) is 4.90 Å². The molecule has 1 aromatic carbocycles. The van der Waals surface area contributed by atoms with Gasteiger partial charge in [0.2, 0.25) is 0 Å².